The summed E-state index contributed by atoms with van der Waals surface area (Å²) < 4.78 is 1.02. The standard InChI is InChI=1S/C18H19BrN2O2/c1-20-18(23)12-14-5-8-16(9-6-14)21-17(22)10-7-13-3-2-4-15(19)11-13/h2-6,8-9,11H,7,10,12H2,1H3,(H,20,23)(H,21,22). The van der Waals surface area contributed by atoms with Gasteiger partial charge in [-0.25, -0.2) is 0 Å². The van der Waals surface area contributed by atoms with E-state index in [1.807, 2.05) is 48.5 Å². The Kier molecular flexibility index (Phi) is 6.35. The average Bonchev–Trinajstić information content (AvgIpc) is 2.55. The van der Waals surface area contributed by atoms with Crippen molar-refractivity contribution in [1.29, 1.82) is 0 Å². The topological polar surface area (TPSA) is 58.2 Å². The van der Waals surface area contributed by atoms with E-state index in [1.54, 1.807) is 7.05 Å². The minimum Gasteiger partial charge on any atom is -0.359 e. The van der Waals surface area contributed by atoms with Gasteiger partial charge in [-0.05, 0) is 41.8 Å². The zero-order valence-electron chi connectivity index (χ0n) is 12.9. The monoisotopic (exact) mass is 374 g/mol. The third-order valence-corrected chi connectivity index (χ3v) is 3.90. The number of benzene rings is 2. The Morgan fingerprint density at radius 2 is 1.74 bits per heavy atom. The highest BCUT2D eigenvalue weighted by molar-refractivity contribution is 9.10. The fourth-order valence-electron chi connectivity index (χ4n) is 2.15. The first-order chi connectivity index (χ1) is 11.1. The van der Waals surface area contributed by atoms with Crippen LogP contribution in [0.2, 0.25) is 0 Å². The number of carbonyl (C=O) groups is 2. The number of likely N-dealkylation sites (N-methyl/N-ethyl adjacent to an activating group) is 1. The van der Waals surface area contributed by atoms with Gasteiger partial charge in [0.25, 0.3) is 0 Å². The van der Waals surface area contributed by atoms with Gasteiger partial charge in [-0.1, -0.05) is 40.2 Å². The second-order valence-electron chi connectivity index (χ2n) is 5.22. The van der Waals surface area contributed by atoms with Gasteiger partial charge in [-0.3, -0.25) is 9.59 Å². The van der Waals surface area contributed by atoms with Crippen LogP contribution in [0.15, 0.2) is 53.0 Å². The van der Waals surface area contributed by atoms with E-state index in [2.05, 4.69) is 26.6 Å². The number of hydrogen-bond donors (Lipinski definition) is 2. The van der Waals surface area contributed by atoms with E-state index in [0.29, 0.717) is 19.3 Å². The lowest BCUT2D eigenvalue weighted by Gasteiger charge is -2.07. The van der Waals surface area contributed by atoms with Gasteiger partial charge in [0.1, 0.15) is 0 Å². The average molecular weight is 375 g/mol. The molecule has 5 heteroatoms. The molecule has 2 aromatic rings. The SMILES string of the molecule is CNC(=O)Cc1ccc(NC(=O)CCc2cccc(Br)c2)cc1. The summed E-state index contributed by atoms with van der Waals surface area (Å²) in [6.45, 7) is 0. The maximum atomic E-state index is 12.0. The van der Waals surface area contributed by atoms with Crippen LogP contribution in [0.3, 0.4) is 0 Å². The molecular weight excluding hydrogens is 356 g/mol. The van der Waals surface area contributed by atoms with Crippen molar-refractivity contribution >= 4 is 33.4 Å². The molecule has 0 unspecified atom stereocenters. The van der Waals surface area contributed by atoms with Gasteiger partial charge >= 0.3 is 0 Å². The Balaban J connectivity index is 1.84. The molecule has 2 amide bonds. The number of anilines is 1. The molecule has 120 valence electrons. The predicted molar refractivity (Wildman–Crippen MR) is 95.3 cm³/mol. The van der Waals surface area contributed by atoms with Crippen LogP contribution < -0.4 is 10.6 Å². The van der Waals surface area contributed by atoms with E-state index >= 15 is 0 Å². The van der Waals surface area contributed by atoms with Gasteiger partial charge < -0.3 is 10.6 Å². The van der Waals surface area contributed by atoms with E-state index in [4.69, 9.17) is 0 Å². The molecule has 0 radical (unpaired) electrons. The van der Waals surface area contributed by atoms with Gasteiger partial charge in [0, 0.05) is 23.6 Å². The number of nitrogens with one attached hydrogen (secondary N) is 2. The first-order valence-electron chi connectivity index (χ1n) is 7.40. The molecule has 0 heterocycles. The summed E-state index contributed by atoms with van der Waals surface area (Å²) in [7, 11) is 1.61. The summed E-state index contributed by atoms with van der Waals surface area (Å²) in [5, 5.41) is 5.45. The number of hydrogen-bond acceptors (Lipinski definition) is 2. The molecule has 0 bridgehead atoms. The minimum atomic E-state index is -0.0317. The fraction of sp³-hybridized carbons (Fsp3) is 0.222. The molecule has 0 spiro atoms. The maximum Gasteiger partial charge on any atom is 0.224 e. The largest absolute Gasteiger partial charge is 0.359 e. The normalized spacial score (nSPS) is 10.2. The third kappa shape index (κ3) is 5.87. The number of aryl methyl sites for hydroxylation is 1. The molecule has 0 aliphatic rings. The van der Waals surface area contributed by atoms with Crippen molar-refractivity contribution in [2.24, 2.45) is 0 Å². The van der Waals surface area contributed by atoms with Gasteiger partial charge in [-0.2, -0.15) is 0 Å². The Morgan fingerprint density at radius 3 is 2.39 bits per heavy atom. The molecule has 0 fully saturated rings. The number of rotatable bonds is 6. The lowest BCUT2D eigenvalue weighted by atomic mass is 10.1. The number of halogens is 1. The molecule has 23 heavy (non-hydrogen) atoms. The highest BCUT2D eigenvalue weighted by Gasteiger charge is 2.05. The van der Waals surface area contributed by atoms with Gasteiger partial charge in [0.2, 0.25) is 11.8 Å². The zero-order valence-corrected chi connectivity index (χ0v) is 14.5. The molecule has 2 N–H and O–H groups in total. The Bertz CT molecular complexity index is 684. The Labute approximate surface area is 144 Å². The summed E-state index contributed by atoms with van der Waals surface area (Å²) in [5.74, 6) is -0.0557. The second-order valence-corrected chi connectivity index (χ2v) is 6.14. The minimum absolute atomic E-state index is 0.0240. The van der Waals surface area contributed by atoms with Crippen LogP contribution in [-0.2, 0) is 22.4 Å². The van der Waals surface area contributed by atoms with Crippen LogP contribution in [0.1, 0.15) is 17.5 Å². The van der Waals surface area contributed by atoms with E-state index in [0.717, 1.165) is 21.3 Å². The Hall–Kier alpha value is -2.14. The number of carbonyl (C=O) groups excluding carboxylic acids is 2. The zero-order chi connectivity index (χ0) is 16.7. The maximum absolute atomic E-state index is 12.0. The van der Waals surface area contributed by atoms with Crippen molar-refractivity contribution < 1.29 is 9.59 Å². The summed E-state index contributed by atoms with van der Waals surface area (Å²) in [6.07, 6.45) is 1.46. The molecule has 4 nitrogen and oxygen atoms in total. The van der Waals surface area contributed by atoms with E-state index in [1.165, 1.54) is 0 Å². The van der Waals surface area contributed by atoms with Crippen LogP contribution in [0.5, 0.6) is 0 Å². The van der Waals surface area contributed by atoms with Crippen LogP contribution in [-0.4, -0.2) is 18.9 Å². The van der Waals surface area contributed by atoms with Crippen LogP contribution in [0.25, 0.3) is 0 Å². The van der Waals surface area contributed by atoms with Crippen molar-refractivity contribution in [3.63, 3.8) is 0 Å². The molecule has 0 saturated heterocycles. The van der Waals surface area contributed by atoms with Crippen LogP contribution in [0.4, 0.5) is 5.69 Å². The lowest BCUT2D eigenvalue weighted by molar-refractivity contribution is -0.120. The Morgan fingerprint density at radius 1 is 1.00 bits per heavy atom. The lowest BCUT2D eigenvalue weighted by Crippen LogP contribution is -2.19. The summed E-state index contributed by atoms with van der Waals surface area (Å²) in [6, 6.07) is 15.3. The highest BCUT2D eigenvalue weighted by Crippen LogP contribution is 2.14. The third-order valence-electron chi connectivity index (χ3n) is 3.41. The first kappa shape index (κ1) is 17.2. The van der Waals surface area contributed by atoms with E-state index < -0.39 is 0 Å². The molecular formula is C18H19BrN2O2. The van der Waals surface area contributed by atoms with Crippen molar-refractivity contribution in [2.75, 3.05) is 12.4 Å². The molecule has 0 aliphatic heterocycles. The van der Waals surface area contributed by atoms with Crippen LogP contribution >= 0.6 is 15.9 Å². The van der Waals surface area contributed by atoms with Gasteiger partial charge in [-0.15, -0.1) is 0 Å². The van der Waals surface area contributed by atoms with Crippen molar-refractivity contribution in [3.8, 4) is 0 Å². The van der Waals surface area contributed by atoms with Crippen LogP contribution in [0, 0.1) is 0 Å². The second kappa shape index (κ2) is 8.48. The molecule has 0 saturated carbocycles. The molecule has 0 aliphatic carbocycles. The molecule has 0 aromatic heterocycles. The van der Waals surface area contributed by atoms with E-state index in [-0.39, 0.29) is 11.8 Å². The van der Waals surface area contributed by atoms with Crippen molar-refractivity contribution in [2.45, 2.75) is 19.3 Å². The predicted octanol–water partition coefficient (Wildman–Crippen LogP) is 3.31. The first-order valence-corrected chi connectivity index (χ1v) is 8.20. The molecule has 2 rings (SSSR count). The number of amides is 2. The molecule has 2 aromatic carbocycles. The van der Waals surface area contributed by atoms with Crippen molar-refractivity contribution in [3.05, 3.63) is 64.1 Å². The quantitative estimate of drug-likeness (QED) is 0.814. The van der Waals surface area contributed by atoms with E-state index in [9.17, 15) is 9.59 Å². The summed E-state index contributed by atoms with van der Waals surface area (Å²) in [5.41, 5.74) is 2.77. The molecule has 0 atom stereocenters. The summed E-state index contributed by atoms with van der Waals surface area (Å²) >= 11 is 3.42. The van der Waals surface area contributed by atoms with Crippen molar-refractivity contribution in [1.82, 2.24) is 5.32 Å². The smallest absolute Gasteiger partial charge is 0.224 e. The highest BCUT2D eigenvalue weighted by atomic mass is 79.9. The fourth-order valence-corrected chi connectivity index (χ4v) is 2.60. The summed E-state index contributed by atoms with van der Waals surface area (Å²) in [4.78, 5) is 23.3. The van der Waals surface area contributed by atoms with Gasteiger partial charge in [0.05, 0.1) is 6.42 Å². The van der Waals surface area contributed by atoms with Gasteiger partial charge in [0.15, 0.2) is 0 Å².